The Kier molecular flexibility index (Phi) is 4.05. The van der Waals surface area contributed by atoms with E-state index in [2.05, 4.69) is 16.7 Å². The van der Waals surface area contributed by atoms with E-state index < -0.39 is 0 Å². The van der Waals surface area contributed by atoms with E-state index in [1.165, 1.54) is 5.56 Å². The Labute approximate surface area is 130 Å². The molecule has 0 aliphatic carbocycles. The van der Waals surface area contributed by atoms with E-state index in [0.717, 1.165) is 22.0 Å². The van der Waals surface area contributed by atoms with Crippen LogP contribution in [-0.2, 0) is 6.54 Å². The van der Waals surface area contributed by atoms with Gasteiger partial charge in [-0.05, 0) is 41.0 Å². The average molecular weight is 290 g/mol. The van der Waals surface area contributed by atoms with Crippen LogP contribution < -0.4 is 10.6 Å². The molecule has 0 fully saturated rings. The maximum Gasteiger partial charge on any atom is 0.319 e. The number of amides is 2. The lowest BCUT2D eigenvalue weighted by Crippen LogP contribution is -2.28. The monoisotopic (exact) mass is 290 g/mol. The molecule has 0 radical (unpaired) electrons. The Morgan fingerprint density at radius 3 is 2.45 bits per heavy atom. The molecule has 0 unspecified atom stereocenters. The average Bonchev–Trinajstić information content (AvgIpc) is 2.54. The van der Waals surface area contributed by atoms with Crippen molar-refractivity contribution in [3.63, 3.8) is 0 Å². The molecule has 0 heterocycles. The van der Waals surface area contributed by atoms with Crippen molar-refractivity contribution < 1.29 is 4.79 Å². The fraction of sp³-hybridized carbons (Fsp3) is 0.105. The SMILES string of the molecule is Cc1ccccc1CNC(=O)Nc1ccc2ccccc2c1. The molecule has 2 N–H and O–H groups in total. The second-order valence-electron chi connectivity index (χ2n) is 5.30. The number of carbonyl (C=O) groups is 1. The van der Waals surface area contributed by atoms with E-state index in [1.807, 2.05) is 67.6 Å². The third kappa shape index (κ3) is 3.26. The van der Waals surface area contributed by atoms with E-state index in [1.54, 1.807) is 0 Å². The van der Waals surface area contributed by atoms with Crippen LogP contribution >= 0.6 is 0 Å². The van der Waals surface area contributed by atoms with E-state index in [0.29, 0.717) is 6.54 Å². The normalized spacial score (nSPS) is 10.4. The van der Waals surface area contributed by atoms with Gasteiger partial charge in [0.15, 0.2) is 0 Å². The highest BCUT2D eigenvalue weighted by Crippen LogP contribution is 2.18. The summed E-state index contributed by atoms with van der Waals surface area (Å²) < 4.78 is 0. The van der Waals surface area contributed by atoms with Crippen LogP contribution in [0, 0.1) is 6.92 Å². The van der Waals surface area contributed by atoms with Gasteiger partial charge < -0.3 is 10.6 Å². The Balaban J connectivity index is 1.64. The quantitative estimate of drug-likeness (QED) is 0.734. The maximum atomic E-state index is 12.0. The van der Waals surface area contributed by atoms with Crippen molar-refractivity contribution in [3.05, 3.63) is 77.9 Å². The van der Waals surface area contributed by atoms with Gasteiger partial charge in [-0.2, -0.15) is 0 Å². The lowest BCUT2D eigenvalue weighted by Gasteiger charge is -2.10. The Morgan fingerprint density at radius 2 is 1.64 bits per heavy atom. The standard InChI is InChI=1S/C19H18N2O/c1-14-6-2-3-9-17(14)13-20-19(22)21-18-11-10-15-7-4-5-8-16(15)12-18/h2-12H,13H2,1H3,(H2,20,21,22). The summed E-state index contributed by atoms with van der Waals surface area (Å²) in [5, 5.41) is 8.03. The van der Waals surface area contributed by atoms with Gasteiger partial charge in [0.1, 0.15) is 0 Å². The molecule has 3 nitrogen and oxygen atoms in total. The molecule has 0 atom stereocenters. The van der Waals surface area contributed by atoms with Gasteiger partial charge in [-0.3, -0.25) is 0 Å². The third-order valence-electron chi connectivity index (χ3n) is 3.71. The van der Waals surface area contributed by atoms with Gasteiger partial charge in [0.25, 0.3) is 0 Å². The fourth-order valence-corrected chi connectivity index (χ4v) is 2.43. The predicted molar refractivity (Wildman–Crippen MR) is 91.0 cm³/mol. The summed E-state index contributed by atoms with van der Waals surface area (Å²) in [6.07, 6.45) is 0. The summed E-state index contributed by atoms with van der Waals surface area (Å²) in [5.41, 5.74) is 3.09. The zero-order valence-electron chi connectivity index (χ0n) is 12.5. The first kappa shape index (κ1) is 14.1. The van der Waals surface area contributed by atoms with E-state index in [-0.39, 0.29) is 6.03 Å². The molecule has 0 spiro atoms. The number of fused-ring (bicyclic) bond motifs is 1. The third-order valence-corrected chi connectivity index (χ3v) is 3.71. The molecular formula is C19H18N2O. The second kappa shape index (κ2) is 6.31. The number of rotatable bonds is 3. The smallest absolute Gasteiger partial charge is 0.319 e. The van der Waals surface area contributed by atoms with Gasteiger partial charge in [-0.25, -0.2) is 4.79 Å². The van der Waals surface area contributed by atoms with Gasteiger partial charge in [-0.15, -0.1) is 0 Å². The molecule has 22 heavy (non-hydrogen) atoms. The van der Waals surface area contributed by atoms with Crippen LogP contribution in [0.4, 0.5) is 10.5 Å². The number of urea groups is 1. The summed E-state index contributed by atoms with van der Waals surface area (Å²) in [6.45, 7) is 2.56. The van der Waals surface area contributed by atoms with Gasteiger partial charge in [-0.1, -0.05) is 54.6 Å². The first-order chi connectivity index (χ1) is 10.7. The van der Waals surface area contributed by atoms with Crippen molar-refractivity contribution in [3.8, 4) is 0 Å². The van der Waals surface area contributed by atoms with Crippen LogP contribution in [0.2, 0.25) is 0 Å². The summed E-state index contributed by atoms with van der Waals surface area (Å²) in [6, 6.07) is 21.8. The Morgan fingerprint density at radius 1 is 0.909 bits per heavy atom. The van der Waals surface area contributed by atoms with Crippen molar-refractivity contribution in [1.29, 1.82) is 0 Å². The molecule has 0 bridgehead atoms. The highest BCUT2D eigenvalue weighted by molar-refractivity contribution is 5.93. The Hall–Kier alpha value is -2.81. The summed E-state index contributed by atoms with van der Waals surface area (Å²) in [7, 11) is 0. The molecule has 3 aromatic rings. The number of benzene rings is 3. The number of nitrogens with one attached hydrogen (secondary N) is 2. The first-order valence-corrected chi connectivity index (χ1v) is 7.30. The molecule has 110 valence electrons. The minimum Gasteiger partial charge on any atom is -0.334 e. The molecule has 0 aliphatic rings. The number of hydrogen-bond acceptors (Lipinski definition) is 1. The summed E-state index contributed by atoms with van der Waals surface area (Å²) in [5.74, 6) is 0. The number of hydrogen-bond donors (Lipinski definition) is 2. The largest absolute Gasteiger partial charge is 0.334 e. The highest BCUT2D eigenvalue weighted by Gasteiger charge is 2.03. The minimum absolute atomic E-state index is 0.196. The van der Waals surface area contributed by atoms with Crippen molar-refractivity contribution in [2.75, 3.05) is 5.32 Å². The van der Waals surface area contributed by atoms with Gasteiger partial charge in [0, 0.05) is 12.2 Å². The second-order valence-corrected chi connectivity index (χ2v) is 5.30. The van der Waals surface area contributed by atoms with Crippen LogP contribution in [0.1, 0.15) is 11.1 Å². The molecule has 2 amide bonds. The number of carbonyl (C=O) groups excluding carboxylic acids is 1. The molecule has 3 heteroatoms. The predicted octanol–water partition coefficient (Wildman–Crippen LogP) is 4.47. The number of aryl methyl sites for hydroxylation is 1. The van der Waals surface area contributed by atoms with Crippen LogP contribution in [0.15, 0.2) is 66.7 Å². The van der Waals surface area contributed by atoms with E-state index in [9.17, 15) is 4.79 Å². The zero-order valence-corrected chi connectivity index (χ0v) is 12.5. The van der Waals surface area contributed by atoms with Gasteiger partial charge >= 0.3 is 6.03 Å². The molecule has 0 saturated carbocycles. The van der Waals surface area contributed by atoms with E-state index >= 15 is 0 Å². The summed E-state index contributed by atoms with van der Waals surface area (Å²) >= 11 is 0. The zero-order chi connectivity index (χ0) is 15.4. The lowest BCUT2D eigenvalue weighted by atomic mass is 10.1. The number of anilines is 1. The molecule has 0 aliphatic heterocycles. The van der Waals surface area contributed by atoms with Crippen molar-refractivity contribution >= 4 is 22.5 Å². The molecule has 3 aromatic carbocycles. The van der Waals surface area contributed by atoms with Crippen LogP contribution in [0.25, 0.3) is 10.8 Å². The lowest BCUT2D eigenvalue weighted by molar-refractivity contribution is 0.251. The van der Waals surface area contributed by atoms with Gasteiger partial charge in [0.05, 0.1) is 0 Å². The topological polar surface area (TPSA) is 41.1 Å². The van der Waals surface area contributed by atoms with Crippen molar-refractivity contribution in [1.82, 2.24) is 5.32 Å². The molecular weight excluding hydrogens is 272 g/mol. The fourth-order valence-electron chi connectivity index (χ4n) is 2.43. The summed E-state index contributed by atoms with van der Waals surface area (Å²) in [4.78, 5) is 12.0. The van der Waals surface area contributed by atoms with E-state index in [4.69, 9.17) is 0 Å². The maximum absolute atomic E-state index is 12.0. The van der Waals surface area contributed by atoms with Crippen LogP contribution in [0.3, 0.4) is 0 Å². The Bertz CT molecular complexity index is 811. The van der Waals surface area contributed by atoms with Crippen molar-refractivity contribution in [2.24, 2.45) is 0 Å². The van der Waals surface area contributed by atoms with Crippen LogP contribution in [-0.4, -0.2) is 6.03 Å². The van der Waals surface area contributed by atoms with Gasteiger partial charge in [0.2, 0.25) is 0 Å². The first-order valence-electron chi connectivity index (χ1n) is 7.30. The molecule has 0 aromatic heterocycles. The molecule has 0 saturated heterocycles. The molecule has 3 rings (SSSR count). The minimum atomic E-state index is -0.196. The highest BCUT2D eigenvalue weighted by atomic mass is 16.2. The van der Waals surface area contributed by atoms with Crippen molar-refractivity contribution in [2.45, 2.75) is 13.5 Å². The van der Waals surface area contributed by atoms with Crippen LogP contribution in [0.5, 0.6) is 0 Å².